The van der Waals surface area contributed by atoms with Crippen LogP contribution < -0.4 is 4.90 Å². The van der Waals surface area contributed by atoms with Crippen molar-refractivity contribution in [3.05, 3.63) is 48.0 Å². The van der Waals surface area contributed by atoms with Crippen molar-refractivity contribution < 1.29 is 13.9 Å². The van der Waals surface area contributed by atoms with E-state index in [1.54, 1.807) is 11.8 Å². The van der Waals surface area contributed by atoms with Crippen LogP contribution in [-0.2, 0) is 16.2 Å². The van der Waals surface area contributed by atoms with Gasteiger partial charge in [0.05, 0.1) is 11.4 Å². The van der Waals surface area contributed by atoms with Gasteiger partial charge in [-0.2, -0.15) is 0 Å². The second-order valence-corrected chi connectivity index (χ2v) is 9.75. The van der Waals surface area contributed by atoms with E-state index in [1.807, 2.05) is 19.1 Å². The van der Waals surface area contributed by atoms with Gasteiger partial charge in [-0.3, -0.25) is 9.69 Å². The molecule has 7 heteroatoms. The highest BCUT2D eigenvalue weighted by atomic mass is 32.2. The van der Waals surface area contributed by atoms with E-state index in [2.05, 4.69) is 45.0 Å². The summed E-state index contributed by atoms with van der Waals surface area (Å²) in [6, 6.07) is 14.4. The Kier molecular flexibility index (Phi) is 8.64. The number of para-hydroxylation sites is 1. The Hall–Kier alpha value is -2.09. The molecule has 2 aliphatic rings. The number of esters is 1. The molecule has 0 N–H and O–H groups in total. The lowest BCUT2D eigenvalue weighted by atomic mass is 10.1. The first kappa shape index (κ1) is 24.0. The molecule has 1 saturated heterocycles. The zero-order valence-electron chi connectivity index (χ0n) is 19.5. The zero-order valence-corrected chi connectivity index (χ0v) is 20.3. The minimum Gasteiger partial charge on any atom is -0.464 e. The van der Waals surface area contributed by atoms with Gasteiger partial charge in [0.15, 0.2) is 0 Å². The van der Waals surface area contributed by atoms with Crippen molar-refractivity contribution in [3.8, 4) is 0 Å². The molecule has 1 fully saturated rings. The van der Waals surface area contributed by atoms with Gasteiger partial charge in [0, 0.05) is 55.5 Å². The number of anilines is 2. The topological polar surface area (TPSA) is 36.0 Å². The summed E-state index contributed by atoms with van der Waals surface area (Å²) in [6.07, 6.45) is 2.39. The van der Waals surface area contributed by atoms with Gasteiger partial charge in [0.2, 0.25) is 0 Å². The number of alkyl halides is 1. The van der Waals surface area contributed by atoms with Crippen LogP contribution in [0.5, 0.6) is 0 Å². The minimum absolute atomic E-state index is 0.0889. The number of carbonyl (C=O) groups is 1. The summed E-state index contributed by atoms with van der Waals surface area (Å²) >= 11 is 1.77. The summed E-state index contributed by atoms with van der Waals surface area (Å²) in [7, 11) is 0. The number of fused-ring (bicyclic) bond motifs is 2. The molecular weight excluding hydrogens is 437 g/mol. The zero-order chi connectivity index (χ0) is 23.0. The Morgan fingerprint density at radius 1 is 0.970 bits per heavy atom. The lowest BCUT2D eigenvalue weighted by molar-refractivity contribution is -0.144. The van der Waals surface area contributed by atoms with Gasteiger partial charge in [-0.05, 0) is 49.2 Å². The first-order chi connectivity index (χ1) is 16.2. The molecule has 0 saturated carbocycles. The third-order valence-corrected chi connectivity index (χ3v) is 7.42. The van der Waals surface area contributed by atoms with Crippen molar-refractivity contribution in [1.29, 1.82) is 0 Å². The van der Waals surface area contributed by atoms with E-state index >= 15 is 0 Å². The second kappa shape index (κ2) is 11.9. The molecule has 0 unspecified atom stereocenters. The van der Waals surface area contributed by atoms with Crippen molar-refractivity contribution in [1.82, 2.24) is 9.80 Å². The number of nitrogens with zero attached hydrogens (tertiary/aromatic N) is 3. The lowest BCUT2D eigenvalue weighted by Gasteiger charge is -2.36. The van der Waals surface area contributed by atoms with Crippen molar-refractivity contribution in [2.75, 3.05) is 57.3 Å². The van der Waals surface area contributed by atoms with Gasteiger partial charge in [0.1, 0.15) is 13.3 Å². The molecule has 0 atom stereocenters. The van der Waals surface area contributed by atoms with E-state index < -0.39 is 6.67 Å². The van der Waals surface area contributed by atoms with Crippen molar-refractivity contribution in [2.24, 2.45) is 0 Å². The number of carbonyl (C=O) groups excluding carboxylic acids is 1. The summed E-state index contributed by atoms with van der Waals surface area (Å²) in [4.78, 5) is 21.2. The standard InChI is InChI=1S/C26H34FN3O2S/c1-2-6-26(31)32-18-17-29-15-13-28(14-16-29)11-5-12-30-22-7-3-4-8-24(22)33-25-10-9-21(20-27)19-23(25)30/h3-4,7-10,19H,2,5-6,11-18,20H2,1H3. The molecule has 2 heterocycles. The fraction of sp³-hybridized carbons (Fsp3) is 0.500. The van der Waals surface area contributed by atoms with E-state index in [4.69, 9.17) is 4.74 Å². The lowest BCUT2D eigenvalue weighted by Crippen LogP contribution is -2.47. The molecule has 33 heavy (non-hydrogen) atoms. The average Bonchev–Trinajstić information content (AvgIpc) is 2.84. The van der Waals surface area contributed by atoms with Crippen molar-refractivity contribution in [3.63, 3.8) is 0 Å². The number of piperazine rings is 1. The molecule has 0 aromatic heterocycles. The highest BCUT2D eigenvalue weighted by Gasteiger charge is 2.24. The van der Waals surface area contributed by atoms with Gasteiger partial charge in [-0.1, -0.05) is 36.9 Å². The van der Waals surface area contributed by atoms with E-state index in [9.17, 15) is 9.18 Å². The van der Waals surface area contributed by atoms with E-state index in [0.29, 0.717) is 13.0 Å². The highest BCUT2D eigenvalue weighted by molar-refractivity contribution is 7.99. The quantitative estimate of drug-likeness (QED) is 0.448. The molecule has 2 aliphatic heterocycles. The fourth-order valence-corrected chi connectivity index (χ4v) is 5.53. The predicted octanol–water partition coefficient (Wildman–Crippen LogP) is 5.11. The maximum Gasteiger partial charge on any atom is 0.305 e. The maximum atomic E-state index is 13.3. The highest BCUT2D eigenvalue weighted by Crippen LogP contribution is 2.48. The van der Waals surface area contributed by atoms with Crippen LogP contribution in [0.4, 0.5) is 15.8 Å². The first-order valence-electron chi connectivity index (χ1n) is 12.0. The summed E-state index contributed by atoms with van der Waals surface area (Å²) in [5.74, 6) is -0.0889. The van der Waals surface area contributed by atoms with Gasteiger partial charge in [0.25, 0.3) is 0 Å². The number of ether oxygens (including phenoxy) is 1. The largest absolute Gasteiger partial charge is 0.464 e. The Morgan fingerprint density at radius 2 is 1.70 bits per heavy atom. The van der Waals surface area contributed by atoms with E-state index in [-0.39, 0.29) is 5.97 Å². The van der Waals surface area contributed by atoms with E-state index in [1.165, 1.54) is 15.5 Å². The summed E-state index contributed by atoms with van der Waals surface area (Å²) in [5, 5.41) is 0. The van der Waals surface area contributed by atoms with Gasteiger partial charge < -0.3 is 14.5 Å². The van der Waals surface area contributed by atoms with Crippen LogP contribution in [0, 0.1) is 0 Å². The molecule has 0 amide bonds. The smallest absolute Gasteiger partial charge is 0.305 e. The maximum absolute atomic E-state index is 13.3. The molecule has 0 aliphatic carbocycles. The number of benzene rings is 2. The van der Waals surface area contributed by atoms with Crippen LogP contribution in [0.3, 0.4) is 0 Å². The van der Waals surface area contributed by atoms with Gasteiger partial charge >= 0.3 is 5.97 Å². The van der Waals surface area contributed by atoms with Gasteiger partial charge in [-0.25, -0.2) is 4.39 Å². The summed E-state index contributed by atoms with van der Waals surface area (Å²) < 4.78 is 18.6. The third-order valence-electron chi connectivity index (χ3n) is 6.29. The third kappa shape index (κ3) is 6.28. The average molecular weight is 472 g/mol. The number of hydrogen-bond acceptors (Lipinski definition) is 6. The van der Waals surface area contributed by atoms with Crippen molar-refractivity contribution in [2.45, 2.75) is 42.7 Å². The SMILES string of the molecule is CCCC(=O)OCCN1CCN(CCCN2c3ccccc3Sc3ccc(CF)cc32)CC1. The van der Waals surface area contributed by atoms with Crippen LogP contribution in [0.2, 0.25) is 0 Å². The molecule has 178 valence electrons. The van der Waals surface area contributed by atoms with Crippen LogP contribution in [0.25, 0.3) is 0 Å². The Balaban J connectivity index is 1.27. The molecule has 5 nitrogen and oxygen atoms in total. The summed E-state index contributed by atoms with van der Waals surface area (Å²) in [6.45, 7) is 8.92. The molecule has 2 aromatic carbocycles. The normalized spacial score (nSPS) is 16.4. The number of halogens is 1. The summed E-state index contributed by atoms with van der Waals surface area (Å²) in [5.41, 5.74) is 3.07. The first-order valence-corrected chi connectivity index (χ1v) is 12.8. The fourth-order valence-electron chi connectivity index (χ4n) is 4.45. The monoisotopic (exact) mass is 471 g/mol. The number of rotatable bonds is 10. The Morgan fingerprint density at radius 3 is 2.45 bits per heavy atom. The Bertz CT molecular complexity index is 934. The van der Waals surface area contributed by atoms with Crippen LogP contribution in [-0.4, -0.2) is 68.2 Å². The van der Waals surface area contributed by atoms with Crippen LogP contribution in [0.15, 0.2) is 52.3 Å². The van der Waals surface area contributed by atoms with Crippen LogP contribution >= 0.6 is 11.8 Å². The predicted molar refractivity (Wildman–Crippen MR) is 132 cm³/mol. The van der Waals surface area contributed by atoms with Crippen LogP contribution in [0.1, 0.15) is 31.7 Å². The van der Waals surface area contributed by atoms with Gasteiger partial charge in [-0.15, -0.1) is 0 Å². The number of hydrogen-bond donors (Lipinski definition) is 0. The minimum atomic E-state index is -0.435. The van der Waals surface area contributed by atoms with Crippen molar-refractivity contribution >= 4 is 29.1 Å². The molecule has 0 radical (unpaired) electrons. The molecular formula is C26H34FN3O2S. The Labute approximate surface area is 200 Å². The molecule has 0 bridgehead atoms. The molecule has 2 aromatic rings. The molecule has 0 spiro atoms. The van der Waals surface area contributed by atoms with E-state index in [0.717, 1.165) is 69.9 Å². The second-order valence-electron chi connectivity index (χ2n) is 8.66. The molecule has 4 rings (SSSR count).